The van der Waals surface area contributed by atoms with Crippen LogP contribution in [0.1, 0.15) is 38.8 Å². The van der Waals surface area contributed by atoms with E-state index >= 15 is 0 Å². The molecule has 0 fully saturated rings. The van der Waals surface area contributed by atoms with Crippen molar-refractivity contribution in [1.82, 2.24) is 4.90 Å². The number of esters is 1. The van der Waals surface area contributed by atoms with Crippen LogP contribution in [0.15, 0.2) is 54.6 Å². The maximum Gasteiger partial charge on any atom is 0.341 e. The lowest BCUT2D eigenvalue weighted by Gasteiger charge is -2.27. The van der Waals surface area contributed by atoms with Crippen LogP contribution in [0.5, 0.6) is 5.75 Å². The second-order valence-electron chi connectivity index (χ2n) is 7.95. The number of carbonyl (C=O) groups excluding carboxylic acids is 2. The summed E-state index contributed by atoms with van der Waals surface area (Å²) in [6, 6.07) is 17.8. The minimum Gasteiger partial charge on any atom is -0.494 e. The maximum atomic E-state index is 12.8. The van der Waals surface area contributed by atoms with Gasteiger partial charge in [0.2, 0.25) is 5.91 Å². The van der Waals surface area contributed by atoms with Gasteiger partial charge in [-0.25, -0.2) is 4.79 Å². The van der Waals surface area contributed by atoms with Gasteiger partial charge in [0, 0.05) is 24.5 Å². The molecule has 0 saturated carbocycles. The van der Waals surface area contributed by atoms with Gasteiger partial charge in [-0.3, -0.25) is 9.69 Å². The summed E-state index contributed by atoms with van der Waals surface area (Å²) in [5.41, 5.74) is 3.63. The normalized spacial score (nSPS) is 13.3. The fourth-order valence-corrected chi connectivity index (χ4v) is 5.36. The number of amides is 1. The topological polar surface area (TPSA) is 67.9 Å². The molecule has 0 unspecified atom stereocenters. The molecule has 0 spiro atoms. The van der Waals surface area contributed by atoms with Crippen molar-refractivity contribution in [2.45, 2.75) is 32.9 Å². The number of hydrogen-bond acceptors (Lipinski definition) is 6. The van der Waals surface area contributed by atoms with Gasteiger partial charge in [0.05, 0.1) is 25.7 Å². The number of ether oxygens (including phenoxy) is 2. The largest absolute Gasteiger partial charge is 0.494 e. The van der Waals surface area contributed by atoms with Gasteiger partial charge in [-0.05, 0) is 42.2 Å². The lowest BCUT2D eigenvalue weighted by atomic mass is 10.0. The molecule has 0 radical (unpaired) electrons. The van der Waals surface area contributed by atoms with Crippen LogP contribution in [-0.4, -0.2) is 37.0 Å². The lowest BCUT2D eigenvalue weighted by molar-refractivity contribution is -0.115. The van der Waals surface area contributed by atoms with Crippen LogP contribution < -0.4 is 10.1 Å². The van der Waals surface area contributed by atoms with E-state index in [-0.39, 0.29) is 12.3 Å². The van der Waals surface area contributed by atoms with E-state index in [0.29, 0.717) is 17.2 Å². The average Bonchev–Trinajstić information content (AvgIpc) is 3.17. The Morgan fingerprint density at radius 3 is 2.52 bits per heavy atom. The Morgan fingerprint density at radius 2 is 1.82 bits per heavy atom. The third kappa shape index (κ3) is 5.61. The first-order valence-electron chi connectivity index (χ1n) is 11.1. The number of thiophene rings is 1. The number of fused-ring (bicyclic) bond motifs is 1. The van der Waals surface area contributed by atoms with Crippen LogP contribution in [0.2, 0.25) is 0 Å². The Balaban J connectivity index is 1.48. The van der Waals surface area contributed by atoms with E-state index in [0.717, 1.165) is 47.8 Å². The van der Waals surface area contributed by atoms with Gasteiger partial charge >= 0.3 is 5.97 Å². The van der Waals surface area contributed by atoms with Crippen molar-refractivity contribution >= 4 is 28.2 Å². The molecule has 33 heavy (non-hydrogen) atoms. The minimum absolute atomic E-state index is 0.163. The first kappa shape index (κ1) is 23.0. The minimum atomic E-state index is -0.402. The lowest BCUT2D eigenvalue weighted by Crippen LogP contribution is -2.29. The Hall–Kier alpha value is -3.16. The van der Waals surface area contributed by atoms with Crippen molar-refractivity contribution in [1.29, 1.82) is 0 Å². The monoisotopic (exact) mass is 464 g/mol. The van der Waals surface area contributed by atoms with Crippen molar-refractivity contribution in [3.8, 4) is 5.75 Å². The summed E-state index contributed by atoms with van der Waals surface area (Å²) in [6.45, 7) is 4.98. The molecule has 3 aromatic rings. The molecule has 0 aliphatic carbocycles. The first-order valence-corrected chi connectivity index (χ1v) is 11.9. The van der Waals surface area contributed by atoms with Gasteiger partial charge in [-0.1, -0.05) is 42.5 Å². The first-order chi connectivity index (χ1) is 16.1. The van der Waals surface area contributed by atoms with Crippen LogP contribution in [-0.2, 0) is 35.5 Å². The third-order valence-electron chi connectivity index (χ3n) is 5.63. The molecule has 1 aliphatic heterocycles. The van der Waals surface area contributed by atoms with Gasteiger partial charge in [0.15, 0.2) is 0 Å². The predicted octanol–water partition coefficient (Wildman–Crippen LogP) is 4.67. The second kappa shape index (κ2) is 10.6. The summed E-state index contributed by atoms with van der Waals surface area (Å²) in [5.74, 6) is 0.213. The second-order valence-corrected chi connectivity index (χ2v) is 9.05. The molecule has 0 saturated heterocycles. The SMILES string of the molecule is CCOc1ccc(CC(=O)Nc2sc3c(c2C(=O)OC)CCN(Cc2ccccc2)C3)cc1. The summed E-state index contributed by atoms with van der Waals surface area (Å²) >= 11 is 1.47. The highest BCUT2D eigenvalue weighted by Crippen LogP contribution is 2.38. The molecule has 7 heteroatoms. The summed E-state index contributed by atoms with van der Waals surface area (Å²) < 4.78 is 10.5. The summed E-state index contributed by atoms with van der Waals surface area (Å²) in [5, 5.41) is 3.54. The number of nitrogens with one attached hydrogen (secondary N) is 1. The summed E-state index contributed by atoms with van der Waals surface area (Å²) in [6.07, 6.45) is 0.966. The number of methoxy groups -OCH3 is 1. The summed E-state index contributed by atoms with van der Waals surface area (Å²) in [7, 11) is 1.38. The highest BCUT2D eigenvalue weighted by atomic mass is 32.1. The van der Waals surface area contributed by atoms with E-state index in [1.807, 2.05) is 49.4 Å². The van der Waals surface area contributed by atoms with Crippen molar-refractivity contribution in [3.63, 3.8) is 0 Å². The highest BCUT2D eigenvalue weighted by molar-refractivity contribution is 7.17. The molecule has 6 nitrogen and oxygen atoms in total. The zero-order valence-electron chi connectivity index (χ0n) is 18.9. The number of anilines is 1. The Morgan fingerprint density at radius 1 is 1.06 bits per heavy atom. The summed E-state index contributed by atoms with van der Waals surface area (Å²) in [4.78, 5) is 28.8. The molecular formula is C26H28N2O4S. The van der Waals surface area contributed by atoms with Crippen molar-refractivity contribution in [2.24, 2.45) is 0 Å². The Kier molecular flexibility index (Phi) is 7.42. The maximum absolute atomic E-state index is 12.8. The van der Waals surface area contributed by atoms with E-state index in [9.17, 15) is 9.59 Å². The standard InChI is InChI=1S/C26H28N2O4S/c1-3-32-20-11-9-18(10-12-20)15-23(29)27-25-24(26(30)31-2)21-13-14-28(17-22(21)33-25)16-19-7-5-4-6-8-19/h4-12H,3,13-17H2,1-2H3,(H,27,29). The molecular weight excluding hydrogens is 436 g/mol. The van der Waals surface area contributed by atoms with Gasteiger partial charge in [0.1, 0.15) is 10.8 Å². The van der Waals surface area contributed by atoms with E-state index in [2.05, 4.69) is 22.3 Å². The van der Waals surface area contributed by atoms with Crippen molar-refractivity contribution in [2.75, 3.05) is 25.6 Å². The number of rotatable bonds is 8. The molecule has 4 rings (SSSR count). The van der Waals surface area contributed by atoms with Crippen LogP contribution in [0.25, 0.3) is 0 Å². The predicted molar refractivity (Wildman–Crippen MR) is 130 cm³/mol. The van der Waals surface area contributed by atoms with Crippen LogP contribution >= 0.6 is 11.3 Å². The van der Waals surface area contributed by atoms with E-state index in [1.165, 1.54) is 24.0 Å². The van der Waals surface area contributed by atoms with Crippen LogP contribution in [0.3, 0.4) is 0 Å². The molecule has 0 atom stereocenters. The number of nitrogens with zero attached hydrogens (tertiary/aromatic N) is 1. The van der Waals surface area contributed by atoms with E-state index in [4.69, 9.17) is 9.47 Å². The smallest absolute Gasteiger partial charge is 0.341 e. The van der Waals surface area contributed by atoms with E-state index < -0.39 is 5.97 Å². The molecule has 1 N–H and O–H groups in total. The van der Waals surface area contributed by atoms with Crippen LogP contribution in [0.4, 0.5) is 5.00 Å². The van der Waals surface area contributed by atoms with Crippen molar-refractivity contribution < 1.29 is 19.1 Å². The molecule has 172 valence electrons. The van der Waals surface area contributed by atoms with Gasteiger partial charge in [0.25, 0.3) is 0 Å². The number of benzene rings is 2. The van der Waals surface area contributed by atoms with E-state index in [1.54, 1.807) is 0 Å². The Labute approximate surface area is 198 Å². The van der Waals surface area contributed by atoms with Gasteiger partial charge in [-0.15, -0.1) is 11.3 Å². The number of hydrogen-bond donors (Lipinski definition) is 1. The molecule has 2 heterocycles. The fraction of sp³-hybridized carbons (Fsp3) is 0.308. The molecule has 1 aliphatic rings. The fourth-order valence-electron chi connectivity index (χ4n) is 4.07. The quantitative estimate of drug-likeness (QED) is 0.491. The molecule has 1 amide bonds. The molecule has 1 aromatic heterocycles. The van der Waals surface area contributed by atoms with Gasteiger partial charge < -0.3 is 14.8 Å². The van der Waals surface area contributed by atoms with Crippen LogP contribution in [0, 0.1) is 0 Å². The average molecular weight is 465 g/mol. The highest BCUT2D eigenvalue weighted by Gasteiger charge is 2.29. The Bertz CT molecular complexity index is 1110. The zero-order chi connectivity index (χ0) is 23.2. The third-order valence-corrected chi connectivity index (χ3v) is 6.76. The zero-order valence-corrected chi connectivity index (χ0v) is 19.7. The van der Waals surface area contributed by atoms with Gasteiger partial charge in [-0.2, -0.15) is 0 Å². The molecule has 2 aromatic carbocycles. The molecule has 0 bridgehead atoms. The van der Waals surface area contributed by atoms with Crippen molar-refractivity contribution in [3.05, 3.63) is 81.7 Å². The number of carbonyl (C=O) groups is 2.